The van der Waals surface area contributed by atoms with Crippen molar-refractivity contribution in [3.05, 3.63) is 58.4 Å². The molecule has 0 amide bonds. The Balaban J connectivity index is 2.44. The van der Waals surface area contributed by atoms with Gasteiger partial charge in [-0.3, -0.25) is 0 Å². The Hall–Kier alpha value is -1.67. The van der Waals surface area contributed by atoms with Gasteiger partial charge in [-0.1, -0.05) is 37.6 Å². The molecule has 1 nitrogen and oxygen atoms in total. The Morgan fingerprint density at radius 3 is 2.19 bits per heavy atom. The highest BCUT2D eigenvalue weighted by atomic mass is 19.1. The van der Waals surface area contributed by atoms with Crippen molar-refractivity contribution in [2.45, 2.75) is 47.2 Å². The van der Waals surface area contributed by atoms with Crippen LogP contribution in [0.2, 0.25) is 0 Å². The molecule has 0 radical (unpaired) electrons. The van der Waals surface area contributed by atoms with E-state index < -0.39 is 0 Å². The van der Waals surface area contributed by atoms with Crippen LogP contribution in [0, 0.1) is 26.6 Å². The summed E-state index contributed by atoms with van der Waals surface area (Å²) in [4.78, 5) is 0. The van der Waals surface area contributed by atoms with Gasteiger partial charge in [0.25, 0.3) is 0 Å². The van der Waals surface area contributed by atoms with Crippen LogP contribution in [0.15, 0.2) is 30.3 Å². The Labute approximate surface area is 127 Å². The molecule has 0 aliphatic heterocycles. The summed E-state index contributed by atoms with van der Waals surface area (Å²) in [5, 5.41) is 3.28. The standard InChI is InChI=1S/C19H24FN/c1-12(2)21-11-17-10-16(6-7-18(17)20)19-14(4)8-13(3)9-15(19)5/h6-10,12,21H,11H2,1-5H3. The smallest absolute Gasteiger partial charge is 0.127 e. The summed E-state index contributed by atoms with van der Waals surface area (Å²) >= 11 is 0. The molecule has 2 heteroatoms. The van der Waals surface area contributed by atoms with Gasteiger partial charge in [-0.2, -0.15) is 0 Å². The largest absolute Gasteiger partial charge is 0.310 e. The van der Waals surface area contributed by atoms with Crippen LogP contribution >= 0.6 is 0 Å². The van der Waals surface area contributed by atoms with Crippen molar-refractivity contribution in [2.75, 3.05) is 0 Å². The fourth-order valence-electron chi connectivity index (χ4n) is 2.82. The predicted molar refractivity (Wildman–Crippen MR) is 88.0 cm³/mol. The van der Waals surface area contributed by atoms with Crippen LogP contribution in [0.1, 0.15) is 36.1 Å². The van der Waals surface area contributed by atoms with E-state index in [2.05, 4.69) is 52.1 Å². The highest BCUT2D eigenvalue weighted by Crippen LogP contribution is 2.29. The SMILES string of the molecule is Cc1cc(C)c(-c2ccc(F)c(CNC(C)C)c2)c(C)c1. The van der Waals surface area contributed by atoms with Crippen LogP contribution in [-0.2, 0) is 6.54 Å². The van der Waals surface area contributed by atoms with Gasteiger partial charge in [0.05, 0.1) is 0 Å². The van der Waals surface area contributed by atoms with E-state index in [0.29, 0.717) is 12.6 Å². The van der Waals surface area contributed by atoms with E-state index in [9.17, 15) is 4.39 Å². The summed E-state index contributed by atoms with van der Waals surface area (Å²) in [7, 11) is 0. The van der Waals surface area contributed by atoms with E-state index in [0.717, 1.165) is 11.1 Å². The third-order valence-electron chi connectivity index (χ3n) is 3.71. The second kappa shape index (κ2) is 6.40. The highest BCUT2D eigenvalue weighted by Gasteiger charge is 2.10. The van der Waals surface area contributed by atoms with Crippen LogP contribution in [-0.4, -0.2) is 6.04 Å². The molecule has 1 N–H and O–H groups in total. The van der Waals surface area contributed by atoms with Crippen molar-refractivity contribution in [3.8, 4) is 11.1 Å². The van der Waals surface area contributed by atoms with Gasteiger partial charge in [-0.05, 0) is 55.2 Å². The van der Waals surface area contributed by atoms with Crippen LogP contribution < -0.4 is 5.32 Å². The maximum atomic E-state index is 14.0. The zero-order valence-electron chi connectivity index (χ0n) is 13.5. The molecular formula is C19H24FN. The zero-order valence-corrected chi connectivity index (χ0v) is 13.5. The van der Waals surface area contributed by atoms with Crippen molar-refractivity contribution in [1.29, 1.82) is 0 Å². The first-order chi connectivity index (χ1) is 9.88. The lowest BCUT2D eigenvalue weighted by Gasteiger charge is -2.14. The molecule has 0 aliphatic carbocycles. The van der Waals surface area contributed by atoms with Crippen molar-refractivity contribution in [1.82, 2.24) is 5.32 Å². The average Bonchev–Trinajstić information content (AvgIpc) is 2.37. The molecule has 2 aromatic carbocycles. The third-order valence-corrected chi connectivity index (χ3v) is 3.71. The molecule has 2 aromatic rings. The monoisotopic (exact) mass is 285 g/mol. The minimum absolute atomic E-state index is 0.144. The predicted octanol–water partition coefficient (Wildman–Crippen LogP) is 4.92. The van der Waals surface area contributed by atoms with Crippen LogP contribution in [0.4, 0.5) is 4.39 Å². The van der Waals surface area contributed by atoms with Gasteiger partial charge in [0, 0.05) is 18.2 Å². The zero-order chi connectivity index (χ0) is 15.6. The van der Waals surface area contributed by atoms with E-state index in [-0.39, 0.29) is 5.82 Å². The van der Waals surface area contributed by atoms with Gasteiger partial charge in [0.1, 0.15) is 5.82 Å². The molecule has 0 bridgehead atoms. The summed E-state index contributed by atoms with van der Waals surface area (Å²) in [6.07, 6.45) is 0. The molecular weight excluding hydrogens is 261 g/mol. The fraction of sp³-hybridized carbons (Fsp3) is 0.368. The van der Waals surface area contributed by atoms with Crippen molar-refractivity contribution >= 4 is 0 Å². The van der Waals surface area contributed by atoms with Gasteiger partial charge < -0.3 is 5.32 Å². The Kier molecular flexibility index (Phi) is 4.79. The second-order valence-corrected chi connectivity index (χ2v) is 6.12. The van der Waals surface area contributed by atoms with Crippen LogP contribution in [0.5, 0.6) is 0 Å². The van der Waals surface area contributed by atoms with E-state index >= 15 is 0 Å². The first-order valence-corrected chi connectivity index (χ1v) is 7.48. The molecule has 0 aromatic heterocycles. The minimum atomic E-state index is -0.144. The summed E-state index contributed by atoms with van der Waals surface area (Å²) in [5.74, 6) is -0.144. The first kappa shape index (κ1) is 15.7. The summed E-state index contributed by atoms with van der Waals surface area (Å²) < 4.78 is 14.0. The number of hydrogen-bond acceptors (Lipinski definition) is 1. The van der Waals surface area contributed by atoms with Crippen LogP contribution in [0.3, 0.4) is 0 Å². The normalized spacial score (nSPS) is 11.2. The van der Waals surface area contributed by atoms with E-state index in [4.69, 9.17) is 0 Å². The number of rotatable bonds is 4. The quantitative estimate of drug-likeness (QED) is 0.841. The molecule has 21 heavy (non-hydrogen) atoms. The molecule has 2 rings (SSSR count). The molecule has 0 saturated heterocycles. The molecule has 0 heterocycles. The average molecular weight is 285 g/mol. The number of aryl methyl sites for hydroxylation is 3. The van der Waals surface area contributed by atoms with Crippen molar-refractivity contribution in [2.24, 2.45) is 0 Å². The maximum absolute atomic E-state index is 14.0. The lowest BCUT2D eigenvalue weighted by Crippen LogP contribution is -2.22. The molecule has 0 unspecified atom stereocenters. The lowest BCUT2D eigenvalue weighted by molar-refractivity contribution is 0.553. The Morgan fingerprint density at radius 1 is 1.00 bits per heavy atom. The lowest BCUT2D eigenvalue weighted by atomic mass is 9.93. The molecule has 112 valence electrons. The van der Waals surface area contributed by atoms with Gasteiger partial charge in [0.15, 0.2) is 0 Å². The minimum Gasteiger partial charge on any atom is -0.310 e. The summed E-state index contributed by atoms with van der Waals surface area (Å²) in [6.45, 7) is 11.0. The summed E-state index contributed by atoms with van der Waals surface area (Å²) in [5.41, 5.74) is 6.76. The molecule has 0 spiro atoms. The molecule has 0 saturated carbocycles. The topological polar surface area (TPSA) is 12.0 Å². The maximum Gasteiger partial charge on any atom is 0.127 e. The molecule has 0 atom stereocenters. The van der Waals surface area contributed by atoms with E-state index in [1.165, 1.54) is 22.3 Å². The molecule has 0 aliphatic rings. The number of nitrogens with one attached hydrogen (secondary N) is 1. The first-order valence-electron chi connectivity index (χ1n) is 7.48. The van der Waals surface area contributed by atoms with Crippen molar-refractivity contribution < 1.29 is 4.39 Å². The Morgan fingerprint density at radius 2 is 1.62 bits per heavy atom. The van der Waals surface area contributed by atoms with E-state index in [1.54, 1.807) is 6.07 Å². The third kappa shape index (κ3) is 3.70. The number of benzene rings is 2. The second-order valence-electron chi connectivity index (χ2n) is 6.12. The van der Waals surface area contributed by atoms with Gasteiger partial charge in [0.2, 0.25) is 0 Å². The fourth-order valence-corrected chi connectivity index (χ4v) is 2.82. The molecule has 0 fully saturated rings. The van der Waals surface area contributed by atoms with Crippen LogP contribution in [0.25, 0.3) is 11.1 Å². The van der Waals surface area contributed by atoms with E-state index in [1.807, 2.05) is 12.1 Å². The number of hydrogen-bond donors (Lipinski definition) is 1. The van der Waals surface area contributed by atoms with Crippen molar-refractivity contribution in [3.63, 3.8) is 0 Å². The highest BCUT2D eigenvalue weighted by molar-refractivity contribution is 5.71. The number of halogens is 1. The van der Waals surface area contributed by atoms with Gasteiger partial charge in [-0.15, -0.1) is 0 Å². The Bertz CT molecular complexity index is 621. The summed E-state index contributed by atoms with van der Waals surface area (Å²) in [6, 6.07) is 10.1. The van der Waals surface area contributed by atoms with Gasteiger partial charge >= 0.3 is 0 Å². The van der Waals surface area contributed by atoms with Gasteiger partial charge in [-0.25, -0.2) is 4.39 Å².